The van der Waals surface area contributed by atoms with Gasteiger partial charge in [-0.3, -0.25) is 10.4 Å². The fourth-order valence-electron chi connectivity index (χ4n) is 1.10. The Hall–Kier alpha value is -0.860. The van der Waals surface area contributed by atoms with Crippen molar-refractivity contribution in [3.05, 3.63) is 0 Å². The van der Waals surface area contributed by atoms with Crippen LogP contribution >= 0.6 is 0 Å². The smallest absolute Gasteiger partial charge is 0.213 e. The van der Waals surface area contributed by atoms with Gasteiger partial charge in [0, 0.05) is 19.6 Å². The molecule has 0 aromatic carbocycles. The quantitative estimate of drug-likeness (QED) is 0.150. The summed E-state index contributed by atoms with van der Waals surface area (Å²) < 4.78 is 25.0. The topological polar surface area (TPSA) is 109 Å². The lowest BCUT2D eigenvalue weighted by molar-refractivity contribution is 0.582. The number of unbranched alkanes of at least 4 members (excludes halogenated alkanes) is 1. The second-order valence-corrected chi connectivity index (χ2v) is 5.40. The molecule has 0 bridgehead atoms. The van der Waals surface area contributed by atoms with Gasteiger partial charge < -0.3 is 5.32 Å². The Morgan fingerprint density at radius 1 is 1.35 bits per heavy atom. The summed E-state index contributed by atoms with van der Waals surface area (Å²) in [5.74, 6) is 5.67. The van der Waals surface area contributed by atoms with Gasteiger partial charge in [-0.25, -0.2) is 19.0 Å². The van der Waals surface area contributed by atoms with Crippen LogP contribution in [-0.2, 0) is 10.0 Å². The molecule has 0 rings (SSSR count). The van der Waals surface area contributed by atoms with Crippen molar-refractivity contribution in [1.29, 1.82) is 0 Å². The Balaban J connectivity index is 3.95. The maximum absolute atomic E-state index is 11.3. The first-order valence-corrected chi connectivity index (χ1v) is 7.43. The number of hydrazine groups is 1. The fraction of sp³-hybridized carbons (Fsp3) is 0.889. The highest BCUT2D eigenvalue weighted by Gasteiger charge is 2.07. The summed E-state index contributed by atoms with van der Waals surface area (Å²) in [6.07, 6.45) is 2.03. The molecule has 102 valence electrons. The molecular formula is C9H23N5O2S. The molecule has 0 radical (unpaired) electrons. The van der Waals surface area contributed by atoms with Gasteiger partial charge in [0.15, 0.2) is 0 Å². The van der Waals surface area contributed by atoms with Crippen LogP contribution in [0.1, 0.15) is 26.7 Å². The van der Waals surface area contributed by atoms with Crippen molar-refractivity contribution >= 4 is 16.0 Å². The zero-order chi connectivity index (χ0) is 13.1. The van der Waals surface area contributed by atoms with Crippen molar-refractivity contribution in [3.8, 4) is 0 Å². The molecule has 7 nitrogen and oxygen atoms in total. The Bertz CT molecular complexity index is 315. The highest BCUT2D eigenvalue weighted by atomic mass is 32.2. The zero-order valence-corrected chi connectivity index (χ0v) is 11.3. The largest absolute Gasteiger partial charge is 0.354 e. The van der Waals surface area contributed by atoms with Crippen LogP contribution in [0.4, 0.5) is 0 Å². The van der Waals surface area contributed by atoms with Crippen molar-refractivity contribution in [2.45, 2.75) is 26.7 Å². The van der Waals surface area contributed by atoms with Crippen LogP contribution in [0.2, 0.25) is 0 Å². The van der Waals surface area contributed by atoms with E-state index in [9.17, 15) is 8.42 Å². The summed E-state index contributed by atoms with van der Waals surface area (Å²) >= 11 is 0. The van der Waals surface area contributed by atoms with Gasteiger partial charge in [0.05, 0.1) is 5.75 Å². The molecule has 0 aromatic heterocycles. The third-order valence-electron chi connectivity index (χ3n) is 1.95. The average Bonchev–Trinajstić information content (AvgIpc) is 2.27. The molecule has 0 amide bonds. The number of hydrogen-bond donors (Lipinski definition) is 4. The van der Waals surface area contributed by atoms with E-state index in [1.54, 1.807) is 6.92 Å². The lowest BCUT2D eigenvalue weighted by atomic mass is 10.3. The lowest BCUT2D eigenvalue weighted by Gasteiger charge is -2.09. The minimum Gasteiger partial charge on any atom is -0.354 e. The summed E-state index contributed by atoms with van der Waals surface area (Å²) in [5, 5.41) is 2.84. The van der Waals surface area contributed by atoms with E-state index in [0.717, 1.165) is 12.8 Å². The van der Waals surface area contributed by atoms with Gasteiger partial charge in [0.1, 0.15) is 0 Å². The molecule has 0 spiro atoms. The number of nitrogens with zero attached hydrogens (tertiary/aromatic N) is 1. The van der Waals surface area contributed by atoms with Crippen molar-refractivity contribution in [3.63, 3.8) is 0 Å². The standard InChI is InChI=1S/C9H23N5O2S/c1-3-5-6-11-9(14-10)12-7-8-17(15,16)13-4-2/h13H,3-8,10H2,1-2H3,(H2,11,12,14). The van der Waals surface area contributed by atoms with Crippen molar-refractivity contribution in [2.24, 2.45) is 10.8 Å². The van der Waals surface area contributed by atoms with E-state index < -0.39 is 10.0 Å². The number of hydrogen-bond acceptors (Lipinski definition) is 4. The predicted octanol–water partition coefficient (Wildman–Crippen LogP) is -0.865. The summed E-state index contributed by atoms with van der Waals surface area (Å²) in [6, 6.07) is 0. The SMILES string of the molecule is CCCCN=C(NN)NCCS(=O)(=O)NCC. The molecule has 0 heterocycles. The normalized spacial score (nSPS) is 12.5. The van der Waals surface area contributed by atoms with E-state index in [2.05, 4.69) is 27.4 Å². The fourth-order valence-corrected chi connectivity index (χ4v) is 2.05. The van der Waals surface area contributed by atoms with Crippen LogP contribution < -0.4 is 21.3 Å². The second-order valence-electron chi connectivity index (χ2n) is 3.47. The first-order valence-electron chi connectivity index (χ1n) is 5.78. The number of nitrogens with one attached hydrogen (secondary N) is 3. The predicted molar refractivity (Wildman–Crippen MR) is 70.0 cm³/mol. The average molecular weight is 265 g/mol. The van der Waals surface area contributed by atoms with E-state index in [1.807, 2.05) is 0 Å². The van der Waals surface area contributed by atoms with Crippen molar-refractivity contribution < 1.29 is 8.42 Å². The van der Waals surface area contributed by atoms with Crippen LogP contribution in [-0.4, -0.2) is 39.8 Å². The van der Waals surface area contributed by atoms with Gasteiger partial charge in [0.2, 0.25) is 16.0 Å². The molecule has 8 heteroatoms. The highest BCUT2D eigenvalue weighted by Crippen LogP contribution is 1.86. The Morgan fingerprint density at radius 2 is 2.06 bits per heavy atom. The molecule has 0 saturated carbocycles. The molecule has 17 heavy (non-hydrogen) atoms. The molecule has 5 N–H and O–H groups in total. The molecule has 0 aliphatic heterocycles. The van der Waals surface area contributed by atoms with Gasteiger partial charge in [-0.2, -0.15) is 0 Å². The highest BCUT2D eigenvalue weighted by molar-refractivity contribution is 7.89. The summed E-state index contributed by atoms with van der Waals surface area (Å²) in [7, 11) is -3.20. The van der Waals surface area contributed by atoms with Crippen LogP contribution in [0.3, 0.4) is 0 Å². The summed E-state index contributed by atoms with van der Waals surface area (Å²) in [5.41, 5.74) is 2.40. The van der Waals surface area contributed by atoms with Gasteiger partial charge >= 0.3 is 0 Å². The van der Waals surface area contributed by atoms with Crippen LogP contribution in [0, 0.1) is 0 Å². The molecular weight excluding hydrogens is 242 g/mol. The minimum atomic E-state index is -3.20. The van der Waals surface area contributed by atoms with Gasteiger partial charge in [-0.05, 0) is 6.42 Å². The number of rotatable bonds is 8. The number of guanidine groups is 1. The van der Waals surface area contributed by atoms with Crippen LogP contribution in [0.15, 0.2) is 4.99 Å². The Morgan fingerprint density at radius 3 is 2.59 bits per heavy atom. The third-order valence-corrected chi connectivity index (χ3v) is 3.42. The molecule has 0 aromatic rings. The van der Waals surface area contributed by atoms with E-state index in [4.69, 9.17) is 5.84 Å². The van der Waals surface area contributed by atoms with E-state index in [-0.39, 0.29) is 12.3 Å². The third kappa shape index (κ3) is 8.90. The van der Waals surface area contributed by atoms with Crippen molar-refractivity contribution in [2.75, 3.05) is 25.4 Å². The number of sulfonamides is 1. The van der Waals surface area contributed by atoms with Crippen LogP contribution in [0.25, 0.3) is 0 Å². The van der Waals surface area contributed by atoms with E-state index in [1.165, 1.54) is 0 Å². The van der Waals surface area contributed by atoms with E-state index >= 15 is 0 Å². The molecule has 0 unspecified atom stereocenters. The summed E-state index contributed by atoms with van der Waals surface area (Å²) in [4.78, 5) is 4.15. The molecule has 0 fully saturated rings. The summed E-state index contributed by atoms with van der Waals surface area (Å²) in [6.45, 7) is 5.15. The molecule has 0 atom stereocenters. The second kappa shape index (κ2) is 9.20. The van der Waals surface area contributed by atoms with Gasteiger partial charge in [-0.15, -0.1) is 0 Å². The maximum atomic E-state index is 11.3. The maximum Gasteiger partial charge on any atom is 0.213 e. The minimum absolute atomic E-state index is 0.00465. The van der Waals surface area contributed by atoms with Crippen molar-refractivity contribution in [1.82, 2.24) is 15.5 Å². The van der Waals surface area contributed by atoms with E-state index in [0.29, 0.717) is 19.0 Å². The number of nitrogens with two attached hydrogens (primary N) is 1. The molecule has 0 aliphatic carbocycles. The monoisotopic (exact) mass is 265 g/mol. The zero-order valence-electron chi connectivity index (χ0n) is 10.5. The molecule has 0 aliphatic rings. The van der Waals surface area contributed by atoms with Gasteiger partial charge in [0.25, 0.3) is 0 Å². The van der Waals surface area contributed by atoms with Gasteiger partial charge in [-0.1, -0.05) is 20.3 Å². The lowest BCUT2D eigenvalue weighted by Crippen LogP contribution is -2.44. The Kier molecular flexibility index (Phi) is 8.73. The number of aliphatic imine (C=N–C) groups is 1. The Labute approximate surface area is 103 Å². The van der Waals surface area contributed by atoms with Crippen LogP contribution in [0.5, 0.6) is 0 Å². The first-order chi connectivity index (χ1) is 8.05. The first kappa shape index (κ1) is 16.1. The molecule has 0 saturated heterocycles.